The van der Waals surface area contributed by atoms with Crippen LogP contribution < -0.4 is 10.1 Å². The zero-order chi connectivity index (χ0) is 13.2. The third kappa shape index (κ3) is 6.06. The summed E-state index contributed by atoms with van der Waals surface area (Å²) in [6.45, 7) is 9.48. The quantitative estimate of drug-likeness (QED) is 0.668. The Morgan fingerprint density at radius 3 is 2.44 bits per heavy atom. The molecule has 0 heterocycles. The van der Waals surface area contributed by atoms with E-state index < -0.39 is 0 Å². The van der Waals surface area contributed by atoms with Crippen LogP contribution in [0.2, 0.25) is 0 Å². The minimum atomic E-state index is 0.640. The van der Waals surface area contributed by atoms with Crippen LogP contribution in [-0.2, 0) is 6.54 Å². The molecule has 1 N–H and O–H groups in total. The number of nitrogens with one attached hydrogen (secondary N) is 1. The lowest BCUT2D eigenvalue weighted by Crippen LogP contribution is -2.13. The molecule has 2 heteroatoms. The van der Waals surface area contributed by atoms with E-state index in [1.165, 1.54) is 24.8 Å². The van der Waals surface area contributed by atoms with Gasteiger partial charge < -0.3 is 10.1 Å². The molecule has 0 spiro atoms. The van der Waals surface area contributed by atoms with Gasteiger partial charge in [-0.2, -0.15) is 0 Å². The third-order valence-corrected chi connectivity index (χ3v) is 3.00. The van der Waals surface area contributed by atoms with E-state index in [9.17, 15) is 0 Å². The highest BCUT2D eigenvalue weighted by Crippen LogP contribution is 2.14. The smallest absolute Gasteiger partial charge is 0.119 e. The van der Waals surface area contributed by atoms with Crippen molar-refractivity contribution >= 4 is 0 Å². The van der Waals surface area contributed by atoms with Crippen LogP contribution in [0, 0.1) is 5.92 Å². The maximum atomic E-state index is 5.78. The first kappa shape index (κ1) is 15.0. The molecule has 102 valence electrons. The molecular weight excluding hydrogens is 222 g/mol. The molecule has 1 atom stereocenters. The topological polar surface area (TPSA) is 21.3 Å². The highest BCUT2D eigenvalue weighted by atomic mass is 16.5. The van der Waals surface area contributed by atoms with Crippen LogP contribution in [0.1, 0.15) is 45.6 Å². The molecule has 0 aliphatic rings. The first-order valence-electron chi connectivity index (χ1n) is 7.18. The first-order chi connectivity index (χ1) is 8.76. The van der Waals surface area contributed by atoms with Gasteiger partial charge in [0.1, 0.15) is 5.75 Å². The molecule has 0 aromatic heterocycles. The number of ether oxygens (including phenoxy) is 1. The standard InChI is InChI=1S/C16H27NO/c1-4-6-14(3)13-18-16-9-7-15(8-10-16)12-17-11-5-2/h7-10,14,17H,4-6,11-13H2,1-3H3. The van der Waals surface area contributed by atoms with Gasteiger partial charge in [-0.15, -0.1) is 0 Å². The number of hydrogen-bond acceptors (Lipinski definition) is 2. The molecule has 0 bridgehead atoms. The van der Waals surface area contributed by atoms with Gasteiger partial charge in [0.2, 0.25) is 0 Å². The highest BCUT2D eigenvalue weighted by molar-refractivity contribution is 5.27. The van der Waals surface area contributed by atoms with E-state index in [0.717, 1.165) is 25.4 Å². The molecule has 18 heavy (non-hydrogen) atoms. The lowest BCUT2D eigenvalue weighted by molar-refractivity contribution is 0.251. The molecule has 2 nitrogen and oxygen atoms in total. The fourth-order valence-electron chi connectivity index (χ4n) is 1.93. The van der Waals surface area contributed by atoms with Gasteiger partial charge in [0.05, 0.1) is 6.61 Å². The van der Waals surface area contributed by atoms with E-state index in [1.54, 1.807) is 0 Å². The zero-order valence-corrected chi connectivity index (χ0v) is 12.0. The summed E-state index contributed by atoms with van der Waals surface area (Å²) >= 11 is 0. The molecule has 1 rings (SSSR count). The molecule has 0 radical (unpaired) electrons. The molecule has 0 saturated heterocycles. The SMILES string of the molecule is CCCNCc1ccc(OCC(C)CCC)cc1. The largest absolute Gasteiger partial charge is 0.493 e. The predicted molar refractivity (Wildman–Crippen MR) is 78.0 cm³/mol. The predicted octanol–water partition coefficient (Wildman–Crippen LogP) is 4.00. The number of hydrogen-bond donors (Lipinski definition) is 1. The lowest BCUT2D eigenvalue weighted by atomic mass is 10.1. The molecule has 0 aliphatic carbocycles. The minimum Gasteiger partial charge on any atom is -0.493 e. The summed E-state index contributed by atoms with van der Waals surface area (Å²) < 4.78 is 5.78. The van der Waals surface area contributed by atoms with E-state index in [4.69, 9.17) is 4.74 Å². The average molecular weight is 249 g/mol. The van der Waals surface area contributed by atoms with Crippen molar-refractivity contribution in [3.05, 3.63) is 29.8 Å². The van der Waals surface area contributed by atoms with Crippen LogP contribution in [0.4, 0.5) is 0 Å². The monoisotopic (exact) mass is 249 g/mol. The van der Waals surface area contributed by atoms with Crippen LogP contribution in [0.5, 0.6) is 5.75 Å². The van der Waals surface area contributed by atoms with E-state index in [2.05, 4.69) is 50.4 Å². The van der Waals surface area contributed by atoms with Gasteiger partial charge in [-0.05, 0) is 43.0 Å². The molecule has 1 aromatic carbocycles. The summed E-state index contributed by atoms with van der Waals surface area (Å²) in [7, 11) is 0. The third-order valence-electron chi connectivity index (χ3n) is 3.00. The normalized spacial score (nSPS) is 12.4. The van der Waals surface area contributed by atoms with Crippen molar-refractivity contribution in [1.82, 2.24) is 5.32 Å². The average Bonchev–Trinajstić information content (AvgIpc) is 2.38. The Labute approximate surface area is 112 Å². The molecule has 1 unspecified atom stereocenters. The van der Waals surface area contributed by atoms with Crippen molar-refractivity contribution in [3.63, 3.8) is 0 Å². The maximum absolute atomic E-state index is 5.78. The number of rotatable bonds is 9. The zero-order valence-electron chi connectivity index (χ0n) is 12.0. The van der Waals surface area contributed by atoms with Crippen LogP contribution in [-0.4, -0.2) is 13.2 Å². The molecule has 0 fully saturated rings. The van der Waals surface area contributed by atoms with E-state index in [-0.39, 0.29) is 0 Å². The van der Waals surface area contributed by atoms with Crippen LogP contribution >= 0.6 is 0 Å². The van der Waals surface area contributed by atoms with Gasteiger partial charge in [-0.1, -0.05) is 39.3 Å². The molecule has 0 amide bonds. The summed E-state index contributed by atoms with van der Waals surface area (Å²) in [6.07, 6.45) is 3.64. The Hall–Kier alpha value is -1.02. The summed E-state index contributed by atoms with van der Waals surface area (Å²) in [4.78, 5) is 0. The highest BCUT2D eigenvalue weighted by Gasteiger charge is 2.02. The fourth-order valence-corrected chi connectivity index (χ4v) is 1.93. The van der Waals surface area contributed by atoms with Gasteiger partial charge in [0.15, 0.2) is 0 Å². The van der Waals surface area contributed by atoms with Gasteiger partial charge in [-0.3, -0.25) is 0 Å². The fraction of sp³-hybridized carbons (Fsp3) is 0.625. The molecule has 1 aromatic rings. The Morgan fingerprint density at radius 1 is 1.11 bits per heavy atom. The van der Waals surface area contributed by atoms with Gasteiger partial charge in [-0.25, -0.2) is 0 Å². The van der Waals surface area contributed by atoms with Gasteiger partial charge in [0.25, 0.3) is 0 Å². The second-order valence-corrected chi connectivity index (χ2v) is 5.03. The second kappa shape index (κ2) is 8.98. The Kier molecular flexibility index (Phi) is 7.51. The van der Waals surface area contributed by atoms with Crippen LogP contribution in [0.3, 0.4) is 0 Å². The number of benzene rings is 1. The van der Waals surface area contributed by atoms with Crippen molar-refractivity contribution in [3.8, 4) is 5.75 Å². The summed E-state index contributed by atoms with van der Waals surface area (Å²) in [6, 6.07) is 8.42. The molecular formula is C16H27NO. The summed E-state index contributed by atoms with van der Waals surface area (Å²) in [5, 5.41) is 3.40. The van der Waals surface area contributed by atoms with Crippen molar-refractivity contribution in [2.75, 3.05) is 13.2 Å². The van der Waals surface area contributed by atoms with Crippen LogP contribution in [0.15, 0.2) is 24.3 Å². The molecule has 0 aliphatic heterocycles. The van der Waals surface area contributed by atoms with E-state index >= 15 is 0 Å². The molecule has 0 saturated carbocycles. The Balaban J connectivity index is 2.31. The van der Waals surface area contributed by atoms with E-state index in [0.29, 0.717) is 5.92 Å². The van der Waals surface area contributed by atoms with Gasteiger partial charge >= 0.3 is 0 Å². The van der Waals surface area contributed by atoms with Crippen molar-refractivity contribution in [1.29, 1.82) is 0 Å². The Morgan fingerprint density at radius 2 is 1.83 bits per heavy atom. The first-order valence-corrected chi connectivity index (χ1v) is 7.18. The van der Waals surface area contributed by atoms with Crippen molar-refractivity contribution < 1.29 is 4.74 Å². The van der Waals surface area contributed by atoms with E-state index in [1.807, 2.05) is 0 Å². The second-order valence-electron chi connectivity index (χ2n) is 5.03. The Bertz CT molecular complexity index is 307. The minimum absolute atomic E-state index is 0.640. The van der Waals surface area contributed by atoms with Crippen molar-refractivity contribution in [2.45, 2.75) is 46.6 Å². The van der Waals surface area contributed by atoms with Crippen molar-refractivity contribution in [2.24, 2.45) is 5.92 Å². The summed E-state index contributed by atoms with van der Waals surface area (Å²) in [5.41, 5.74) is 1.32. The lowest BCUT2D eigenvalue weighted by Gasteiger charge is -2.12. The summed E-state index contributed by atoms with van der Waals surface area (Å²) in [5.74, 6) is 1.62. The maximum Gasteiger partial charge on any atom is 0.119 e. The van der Waals surface area contributed by atoms with Crippen LogP contribution in [0.25, 0.3) is 0 Å². The van der Waals surface area contributed by atoms with Gasteiger partial charge in [0, 0.05) is 6.54 Å².